The van der Waals surface area contributed by atoms with Crippen molar-refractivity contribution in [2.24, 2.45) is 11.8 Å². The fraction of sp³-hybridized carbons (Fsp3) is 0.923. The number of rotatable bonds is 5. The second kappa shape index (κ2) is 5.11. The molecule has 1 aliphatic carbocycles. The Morgan fingerprint density at radius 1 is 1.27 bits per heavy atom. The van der Waals surface area contributed by atoms with Gasteiger partial charge in [-0.05, 0) is 25.8 Å². The van der Waals surface area contributed by atoms with Gasteiger partial charge in [0.05, 0.1) is 6.54 Å². The van der Waals surface area contributed by atoms with Crippen molar-refractivity contribution >= 4 is 5.78 Å². The fourth-order valence-corrected chi connectivity index (χ4v) is 2.10. The van der Waals surface area contributed by atoms with Crippen molar-refractivity contribution in [3.8, 4) is 0 Å². The number of ketones is 1. The van der Waals surface area contributed by atoms with Crippen molar-refractivity contribution in [1.82, 2.24) is 4.90 Å². The Morgan fingerprint density at radius 2 is 1.73 bits per heavy atom. The van der Waals surface area contributed by atoms with Crippen molar-refractivity contribution < 1.29 is 4.79 Å². The minimum absolute atomic E-state index is 0. The second-order valence-corrected chi connectivity index (χ2v) is 5.24. The number of Topliss-reactive ketones (excluding diaryl/α,β-unsaturated/α-hetero) is 1. The summed E-state index contributed by atoms with van der Waals surface area (Å²) in [6.07, 6.45) is 2.51. The molecule has 0 aromatic heterocycles. The highest BCUT2D eigenvalue weighted by molar-refractivity contribution is 5.82. The van der Waals surface area contributed by atoms with E-state index in [4.69, 9.17) is 0 Å². The summed E-state index contributed by atoms with van der Waals surface area (Å²) in [6, 6.07) is 0. The highest BCUT2D eigenvalue weighted by Gasteiger charge is 2.48. The van der Waals surface area contributed by atoms with Gasteiger partial charge in [-0.1, -0.05) is 35.1 Å². The first-order valence-electron chi connectivity index (χ1n) is 5.64. The zero-order chi connectivity index (χ0) is 10.9. The maximum Gasteiger partial charge on any atom is 0.149 e. The molecule has 1 saturated carbocycles. The molecule has 0 atom stereocenters. The quantitative estimate of drug-likeness (QED) is 0.700. The van der Waals surface area contributed by atoms with Crippen LogP contribution in [0.1, 0.15) is 48.0 Å². The zero-order valence-electron chi connectivity index (χ0n) is 10.1. The molecule has 2 heteroatoms. The molecule has 0 bridgehead atoms. The summed E-state index contributed by atoms with van der Waals surface area (Å²) >= 11 is 0. The Kier molecular flexibility index (Phi) is 4.98. The Bertz CT molecular complexity index is 217. The SMILES string of the molecule is C.CC(C)C(=O)CN(C)C1(C(C)C)CC1. The number of hydrogen-bond acceptors (Lipinski definition) is 2. The van der Waals surface area contributed by atoms with Gasteiger partial charge in [0, 0.05) is 11.5 Å². The number of nitrogens with zero attached hydrogens (tertiary/aromatic N) is 1. The van der Waals surface area contributed by atoms with E-state index in [0.29, 0.717) is 23.8 Å². The molecule has 0 aromatic rings. The first-order chi connectivity index (χ1) is 6.40. The number of hydrogen-bond donors (Lipinski definition) is 0. The summed E-state index contributed by atoms with van der Waals surface area (Å²) in [7, 11) is 2.09. The van der Waals surface area contributed by atoms with Gasteiger partial charge < -0.3 is 0 Å². The molecule has 1 rings (SSSR count). The van der Waals surface area contributed by atoms with Crippen LogP contribution in [-0.4, -0.2) is 29.8 Å². The van der Waals surface area contributed by atoms with Gasteiger partial charge in [0.2, 0.25) is 0 Å². The van der Waals surface area contributed by atoms with E-state index in [2.05, 4.69) is 25.8 Å². The highest BCUT2D eigenvalue weighted by Crippen LogP contribution is 2.46. The van der Waals surface area contributed by atoms with E-state index in [0.717, 1.165) is 0 Å². The average molecular weight is 213 g/mol. The number of carbonyl (C=O) groups is 1. The van der Waals surface area contributed by atoms with Gasteiger partial charge in [0.15, 0.2) is 0 Å². The maximum absolute atomic E-state index is 11.6. The van der Waals surface area contributed by atoms with Crippen LogP contribution in [0.5, 0.6) is 0 Å². The predicted octanol–water partition coefficient (Wildman–Crippen LogP) is 2.97. The summed E-state index contributed by atoms with van der Waals surface area (Å²) in [5.74, 6) is 1.19. The van der Waals surface area contributed by atoms with Gasteiger partial charge in [-0.2, -0.15) is 0 Å². The van der Waals surface area contributed by atoms with E-state index in [1.807, 2.05) is 13.8 Å². The van der Waals surface area contributed by atoms with Crippen molar-refractivity contribution in [3.05, 3.63) is 0 Å². The van der Waals surface area contributed by atoms with Gasteiger partial charge >= 0.3 is 0 Å². The lowest BCUT2D eigenvalue weighted by Gasteiger charge is -2.31. The summed E-state index contributed by atoms with van der Waals surface area (Å²) in [5.41, 5.74) is 0.338. The van der Waals surface area contributed by atoms with E-state index in [-0.39, 0.29) is 13.3 Å². The molecule has 0 radical (unpaired) electrons. The molecular weight excluding hydrogens is 186 g/mol. The van der Waals surface area contributed by atoms with E-state index < -0.39 is 0 Å². The molecule has 0 amide bonds. The summed E-state index contributed by atoms with van der Waals surface area (Å²) < 4.78 is 0. The van der Waals surface area contributed by atoms with Crippen molar-refractivity contribution in [3.63, 3.8) is 0 Å². The third kappa shape index (κ3) is 3.04. The third-order valence-electron chi connectivity index (χ3n) is 3.63. The molecule has 1 aliphatic rings. The highest BCUT2D eigenvalue weighted by atomic mass is 16.1. The lowest BCUT2D eigenvalue weighted by molar-refractivity contribution is -0.123. The van der Waals surface area contributed by atoms with Crippen LogP contribution in [0.25, 0.3) is 0 Å². The Hall–Kier alpha value is -0.370. The van der Waals surface area contributed by atoms with Gasteiger partial charge in [0.1, 0.15) is 5.78 Å². The molecule has 0 aliphatic heterocycles. The smallest absolute Gasteiger partial charge is 0.149 e. The Balaban J connectivity index is 0.00000196. The number of likely N-dealkylation sites (N-methyl/N-ethyl adjacent to an activating group) is 1. The topological polar surface area (TPSA) is 20.3 Å². The molecule has 1 fully saturated rings. The predicted molar refractivity (Wildman–Crippen MR) is 66.0 cm³/mol. The molecule has 0 heterocycles. The Morgan fingerprint density at radius 3 is 2.00 bits per heavy atom. The van der Waals surface area contributed by atoms with Gasteiger partial charge in [-0.25, -0.2) is 0 Å². The maximum atomic E-state index is 11.6. The summed E-state index contributed by atoms with van der Waals surface area (Å²) in [4.78, 5) is 13.9. The average Bonchev–Trinajstić information content (AvgIpc) is 2.83. The molecule has 90 valence electrons. The lowest BCUT2D eigenvalue weighted by atomic mass is 9.99. The first-order valence-corrected chi connectivity index (χ1v) is 5.64. The molecule has 0 N–H and O–H groups in total. The largest absolute Gasteiger partial charge is 0.298 e. The summed E-state index contributed by atoms with van der Waals surface area (Å²) in [6.45, 7) is 9.08. The Labute approximate surface area is 95.0 Å². The van der Waals surface area contributed by atoms with Gasteiger partial charge in [0.25, 0.3) is 0 Å². The molecule has 2 nitrogen and oxygen atoms in total. The first kappa shape index (κ1) is 14.6. The standard InChI is InChI=1S/C12H23NO.CH4/c1-9(2)11(14)8-13(5)12(6-7-12)10(3)4;/h9-10H,6-8H2,1-5H3;1H4. The van der Waals surface area contributed by atoms with Crippen LogP contribution in [0.3, 0.4) is 0 Å². The molecule has 15 heavy (non-hydrogen) atoms. The van der Waals surface area contributed by atoms with Crippen LogP contribution < -0.4 is 0 Å². The fourth-order valence-electron chi connectivity index (χ4n) is 2.10. The van der Waals surface area contributed by atoms with E-state index in [1.165, 1.54) is 12.8 Å². The van der Waals surface area contributed by atoms with E-state index in [9.17, 15) is 4.79 Å². The minimum atomic E-state index is 0. The van der Waals surface area contributed by atoms with Crippen LogP contribution in [0, 0.1) is 11.8 Å². The van der Waals surface area contributed by atoms with Crippen LogP contribution in [0.2, 0.25) is 0 Å². The second-order valence-electron chi connectivity index (χ2n) is 5.24. The van der Waals surface area contributed by atoms with E-state index >= 15 is 0 Å². The lowest BCUT2D eigenvalue weighted by Crippen LogP contribution is -2.42. The van der Waals surface area contributed by atoms with Crippen LogP contribution in [0.15, 0.2) is 0 Å². The summed E-state index contributed by atoms with van der Waals surface area (Å²) in [5, 5.41) is 0. The molecule has 0 aromatic carbocycles. The van der Waals surface area contributed by atoms with Crippen LogP contribution in [-0.2, 0) is 4.79 Å². The van der Waals surface area contributed by atoms with Crippen molar-refractivity contribution in [2.45, 2.75) is 53.5 Å². The molecule has 0 saturated heterocycles. The van der Waals surface area contributed by atoms with Crippen LogP contribution >= 0.6 is 0 Å². The normalized spacial score (nSPS) is 18.1. The minimum Gasteiger partial charge on any atom is -0.298 e. The van der Waals surface area contributed by atoms with Crippen molar-refractivity contribution in [1.29, 1.82) is 0 Å². The monoisotopic (exact) mass is 213 g/mol. The molecule has 0 spiro atoms. The zero-order valence-corrected chi connectivity index (χ0v) is 10.1. The van der Waals surface area contributed by atoms with Crippen molar-refractivity contribution in [2.75, 3.05) is 13.6 Å². The third-order valence-corrected chi connectivity index (χ3v) is 3.63. The van der Waals surface area contributed by atoms with Gasteiger partial charge in [-0.3, -0.25) is 9.69 Å². The van der Waals surface area contributed by atoms with E-state index in [1.54, 1.807) is 0 Å². The number of carbonyl (C=O) groups excluding carboxylic acids is 1. The van der Waals surface area contributed by atoms with Crippen LogP contribution in [0.4, 0.5) is 0 Å². The van der Waals surface area contributed by atoms with Gasteiger partial charge in [-0.15, -0.1) is 0 Å². The molecule has 0 unspecified atom stereocenters. The molecular formula is C13H27NO.